The number of benzene rings is 1. The highest BCUT2D eigenvalue weighted by Gasteiger charge is 2.21. The molecule has 1 aromatic carbocycles. The minimum Gasteiger partial charge on any atom is -0.496 e. The van der Waals surface area contributed by atoms with Crippen LogP contribution in [0.2, 0.25) is 0 Å². The second-order valence-corrected chi connectivity index (χ2v) is 5.14. The molecule has 4 heteroatoms. The maximum absolute atomic E-state index is 10.9. The molecule has 1 N–H and O–H groups in total. The Kier molecular flexibility index (Phi) is 6.52. The first kappa shape index (κ1) is 16.5. The fourth-order valence-electron chi connectivity index (χ4n) is 2.73. The van der Waals surface area contributed by atoms with E-state index in [1.165, 1.54) is 0 Å². The van der Waals surface area contributed by atoms with Gasteiger partial charge in [-0.25, -0.2) is 0 Å². The van der Waals surface area contributed by atoms with Crippen molar-refractivity contribution >= 4 is 5.97 Å². The van der Waals surface area contributed by atoms with Crippen LogP contribution in [-0.4, -0.2) is 41.7 Å². The van der Waals surface area contributed by atoms with Crippen molar-refractivity contribution < 1.29 is 14.6 Å². The number of carboxylic acids is 1. The summed E-state index contributed by atoms with van der Waals surface area (Å²) in [5.74, 6) is 0.140. The van der Waals surface area contributed by atoms with Gasteiger partial charge in [0.05, 0.1) is 13.5 Å². The lowest BCUT2D eigenvalue weighted by Gasteiger charge is -2.33. The third-order valence-electron chi connectivity index (χ3n) is 3.68. The van der Waals surface area contributed by atoms with E-state index in [-0.39, 0.29) is 18.5 Å². The van der Waals surface area contributed by atoms with Crippen molar-refractivity contribution in [3.05, 3.63) is 29.8 Å². The summed E-state index contributed by atoms with van der Waals surface area (Å²) in [5, 5.41) is 8.94. The molecule has 1 aromatic rings. The van der Waals surface area contributed by atoms with E-state index in [9.17, 15) is 4.79 Å². The predicted octanol–water partition coefficient (Wildman–Crippen LogP) is 2.81. The number of hydrogen-bond donors (Lipinski definition) is 1. The summed E-state index contributed by atoms with van der Waals surface area (Å²) in [6, 6.07) is 8.27. The highest BCUT2D eigenvalue weighted by atomic mass is 16.5. The molecular formula is C16H25NO3. The van der Waals surface area contributed by atoms with Gasteiger partial charge in [0, 0.05) is 12.1 Å². The van der Waals surface area contributed by atoms with Gasteiger partial charge in [-0.2, -0.15) is 0 Å². The molecule has 0 saturated carbocycles. The SMILES string of the molecule is CCN(C(C)CC(=O)O)C(C)Cc1ccccc1OC. The van der Waals surface area contributed by atoms with Crippen LogP contribution in [0.4, 0.5) is 0 Å². The van der Waals surface area contributed by atoms with Crippen molar-refractivity contribution in [2.75, 3.05) is 13.7 Å². The van der Waals surface area contributed by atoms with Crippen molar-refractivity contribution in [2.24, 2.45) is 0 Å². The molecule has 0 fully saturated rings. The predicted molar refractivity (Wildman–Crippen MR) is 80.3 cm³/mol. The summed E-state index contributed by atoms with van der Waals surface area (Å²) in [4.78, 5) is 13.1. The molecule has 0 aromatic heterocycles. The first-order valence-electron chi connectivity index (χ1n) is 7.09. The molecule has 0 aliphatic heterocycles. The van der Waals surface area contributed by atoms with E-state index in [0.29, 0.717) is 0 Å². The van der Waals surface area contributed by atoms with E-state index in [2.05, 4.69) is 24.8 Å². The van der Waals surface area contributed by atoms with Crippen LogP contribution in [0, 0.1) is 0 Å². The van der Waals surface area contributed by atoms with Gasteiger partial charge in [0.1, 0.15) is 5.75 Å². The molecule has 0 aliphatic rings. The largest absolute Gasteiger partial charge is 0.496 e. The number of nitrogens with zero attached hydrogens (tertiary/aromatic N) is 1. The second kappa shape index (κ2) is 7.90. The minimum atomic E-state index is -0.750. The molecule has 1 rings (SSSR count). The quantitative estimate of drug-likeness (QED) is 0.795. The lowest BCUT2D eigenvalue weighted by molar-refractivity contribution is -0.138. The maximum Gasteiger partial charge on any atom is 0.304 e. The Hall–Kier alpha value is -1.55. The van der Waals surface area contributed by atoms with E-state index in [1.807, 2.05) is 25.1 Å². The molecule has 0 saturated heterocycles. The maximum atomic E-state index is 10.9. The highest BCUT2D eigenvalue weighted by molar-refractivity contribution is 5.67. The summed E-state index contributed by atoms with van der Waals surface area (Å²) in [6.45, 7) is 7.01. The van der Waals surface area contributed by atoms with Gasteiger partial charge in [0.2, 0.25) is 0 Å². The summed E-state index contributed by atoms with van der Waals surface area (Å²) >= 11 is 0. The standard InChI is InChI=1S/C16H25NO3/c1-5-17(13(3)11-16(18)19)12(2)10-14-8-6-7-9-15(14)20-4/h6-9,12-13H,5,10-11H2,1-4H3,(H,18,19). The number of likely N-dealkylation sites (N-methyl/N-ethyl adjacent to an activating group) is 1. The van der Waals surface area contributed by atoms with Gasteiger partial charge in [-0.15, -0.1) is 0 Å². The highest BCUT2D eigenvalue weighted by Crippen LogP contribution is 2.21. The lowest BCUT2D eigenvalue weighted by Crippen LogP contribution is -2.42. The Balaban J connectivity index is 2.76. The van der Waals surface area contributed by atoms with Crippen molar-refractivity contribution in [1.82, 2.24) is 4.90 Å². The summed E-state index contributed by atoms with van der Waals surface area (Å²) in [6.07, 6.45) is 1.02. The van der Waals surface area contributed by atoms with Crippen LogP contribution in [0.3, 0.4) is 0 Å². The number of hydrogen-bond acceptors (Lipinski definition) is 3. The van der Waals surface area contributed by atoms with Crippen LogP contribution in [-0.2, 0) is 11.2 Å². The molecule has 0 radical (unpaired) electrons. The number of ether oxygens (including phenoxy) is 1. The fraction of sp³-hybridized carbons (Fsp3) is 0.562. The van der Waals surface area contributed by atoms with Crippen molar-refractivity contribution in [1.29, 1.82) is 0 Å². The van der Waals surface area contributed by atoms with Crippen LogP contribution < -0.4 is 4.74 Å². The lowest BCUT2D eigenvalue weighted by atomic mass is 10.0. The second-order valence-electron chi connectivity index (χ2n) is 5.14. The average Bonchev–Trinajstić information content (AvgIpc) is 2.39. The van der Waals surface area contributed by atoms with Crippen LogP contribution in [0.5, 0.6) is 5.75 Å². The molecule has 0 heterocycles. The van der Waals surface area contributed by atoms with E-state index in [1.54, 1.807) is 7.11 Å². The zero-order valence-electron chi connectivity index (χ0n) is 12.8. The number of carboxylic acid groups (broad SMARTS) is 1. The van der Waals surface area contributed by atoms with Gasteiger partial charge in [-0.05, 0) is 38.4 Å². The van der Waals surface area contributed by atoms with Crippen LogP contribution >= 0.6 is 0 Å². The number of methoxy groups -OCH3 is 1. The molecular weight excluding hydrogens is 254 g/mol. The Bertz CT molecular complexity index is 433. The van der Waals surface area contributed by atoms with Crippen LogP contribution in [0.15, 0.2) is 24.3 Å². The molecule has 0 aliphatic carbocycles. The molecule has 0 bridgehead atoms. The zero-order valence-corrected chi connectivity index (χ0v) is 12.8. The Morgan fingerprint density at radius 1 is 1.30 bits per heavy atom. The molecule has 0 amide bonds. The summed E-state index contributed by atoms with van der Waals surface area (Å²) in [7, 11) is 1.67. The third-order valence-corrected chi connectivity index (χ3v) is 3.68. The van der Waals surface area contributed by atoms with Crippen molar-refractivity contribution in [3.63, 3.8) is 0 Å². The summed E-state index contributed by atoms with van der Waals surface area (Å²) in [5.41, 5.74) is 1.16. The van der Waals surface area contributed by atoms with Crippen LogP contribution in [0.25, 0.3) is 0 Å². The van der Waals surface area contributed by atoms with Crippen LogP contribution in [0.1, 0.15) is 32.8 Å². The monoisotopic (exact) mass is 279 g/mol. The summed E-state index contributed by atoms with van der Waals surface area (Å²) < 4.78 is 5.37. The Morgan fingerprint density at radius 3 is 2.50 bits per heavy atom. The van der Waals surface area contributed by atoms with Gasteiger partial charge >= 0.3 is 5.97 Å². The third kappa shape index (κ3) is 4.53. The van der Waals surface area contributed by atoms with Crippen molar-refractivity contribution in [2.45, 2.75) is 45.7 Å². The smallest absolute Gasteiger partial charge is 0.304 e. The van der Waals surface area contributed by atoms with Gasteiger partial charge in [-0.1, -0.05) is 25.1 Å². The van der Waals surface area contributed by atoms with Gasteiger partial charge in [-0.3, -0.25) is 9.69 Å². The topological polar surface area (TPSA) is 49.8 Å². The Labute approximate surface area is 121 Å². The molecule has 20 heavy (non-hydrogen) atoms. The van der Waals surface area contributed by atoms with Gasteiger partial charge in [0.15, 0.2) is 0 Å². The Morgan fingerprint density at radius 2 is 1.95 bits per heavy atom. The zero-order chi connectivity index (χ0) is 15.1. The van der Waals surface area contributed by atoms with E-state index >= 15 is 0 Å². The minimum absolute atomic E-state index is 0.0298. The number of aliphatic carboxylic acids is 1. The average molecular weight is 279 g/mol. The first-order chi connectivity index (χ1) is 9.49. The van der Waals surface area contributed by atoms with E-state index in [0.717, 1.165) is 24.3 Å². The van der Waals surface area contributed by atoms with E-state index < -0.39 is 5.97 Å². The number of para-hydroxylation sites is 1. The molecule has 112 valence electrons. The number of carbonyl (C=O) groups is 1. The molecule has 2 unspecified atom stereocenters. The molecule has 2 atom stereocenters. The molecule has 4 nitrogen and oxygen atoms in total. The van der Waals surface area contributed by atoms with E-state index in [4.69, 9.17) is 9.84 Å². The number of rotatable bonds is 8. The van der Waals surface area contributed by atoms with Crippen molar-refractivity contribution in [3.8, 4) is 5.75 Å². The fourth-order valence-corrected chi connectivity index (χ4v) is 2.73. The first-order valence-corrected chi connectivity index (χ1v) is 7.09. The van der Waals surface area contributed by atoms with Gasteiger partial charge < -0.3 is 9.84 Å². The van der Waals surface area contributed by atoms with Gasteiger partial charge in [0.25, 0.3) is 0 Å². The normalized spacial score (nSPS) is 14.1. The molecule has 0 spiro atoms.